The Morgan fingerprint density at radius 1 is 1.14 bits per heavy atom. The lowest BCUT2D eigenvalue weighted by Gasteiger charge is -2.07. The van der Waals surface area contributed by atoms with Crippen molar-refractivity contribution in [1.82, 2.24) is 0 Å². The first kappa shape index (κ1) is 10.0. The van der Waals surface area contributed by atoms with E-state index in [0.29, 0.717) is 5.92 Å². The van der Waals surface area contributed by atoms with Gasteiger partial charge >= 0.3 is 0 Å². The number of rotatable bonds is 5. The molecular formula is C12H22N2. The molecule has 0 heterocycles. The summed E-state index contributed by atoms with van der Waals surface area (Å²) in [6, 6.07) is 0. The normalized spacial score (nSPS) is 24.4. The molecule has 2 fully saturated rings. The highest BCUT2D eigenvalue weighted by molar-refractivity contribution is 5.83. The fourth-order valence-corrected chi connectivity index (χ4v) is 2.35. The lowest BCUT2D eigenvalue weighted by Crippen LogP contribution is -2.21. The topological polar surface area (TPSA) is 38.4 Å². The Hall–Kier alpha value is -0.530. The van der Waals surface area contributed by atoms with Gasteiger partial charge in [0.1, 0.15) is 0 Å². The molecular weight excluding hydrogens is 172 g/mol. The summed E-state index contributed by atoms with van der Waals surface area (Å²) in [5.74, 6) is 2.60. The smallest absolute Gasteiger partial charge is 0.0968 e. The van der Waals surface area contributed by atoms with E-state index in [0.717, 1.165) is 18.3 Å². The van der Waals surface area contributed by atoms with Crippen LogP contribution in [-0.4, -0.2) is 12.4 Å². The van der Waals surface area contributed by atoms with Crippen LogP contribution in [0.2, 0.25) is 0 Å². The van der Waals surface area contributed by atoms with Crippen molar-refractivity contribution in [3.8, 4) is 0 Å². The Morgan fingerprint density at radius 2 is 1.86 bits per heavy atom. The van der Waals surface area contributed by atoms with Gasteiger partial charge in [-0.15, -0.1) is 0 Å². The molecule has 2 aliphatic rings. The predicted molar refractivity (Wildman–Crippen MR) is 60.4 cm³/mol. The number of amidine groups is 1. The second kappa shape index (κ2) is 4.81. The minimum Gasteiger partial charge on any atom is -0.387 e. The van der Waals surface area contributed by atoms with Gasteiger partial charge in [0, 0.05) is 12.5 Å². The monoisotopic (exact) mass is 194 g/mol. The molecule has 0 aromatic rings. The van der Waals surface area contributed by atoms with Crippen molar-refractivity contribution in [2.24, 2.45) is 22.6 Å². The standard InChI is InChI=1S/C12H22N2/c13-12(11-5-1-2-6-11)14-9-3-4-10-7-8-10/h10-11H,1-9H2,(H2,13,14). The summed E-state index contributed by atoms with van der Waals surface area (Å²) in [5, 5.41) is 0. The number of hydrogen-bond acceptors (Lipinski definition) is 1. The zero-order valence-corrected chi connectivity index (χ0v) is 9.04. The molecule has 2 saturated carbocycles. The number of nitrogens with two attached hydrogens (primary N) is 1. The molecule has 0 aromatic carbocycles. The molecule has 0 amide bonds. The summed E-state index contributed by atoms with van der Waals surface area (Å²) in [5.41, 5.74) is 5.96. The van der Waals surface area contributed by atoms with Crippen LogP contribution in [0.5, 0.6) is 0 Å². The number of nitrogens with zero attached hydrogens (tertiary/aromatic N) is 1. The van der Waals surface area contributed by atoms with Gasteiger partial charge < -0.3 is 5.73 Å². The van der Waals surface area contributed by atoms with Gasteiger partial charge in [-0.3, -0.25) is 4.99 Å². The summed E-state index contributed by atoms with van der Waals surface area (Å²) >= 11 is 0. The molecule has 2 rings (SSSR count). The Bertz CT molecular complexity index is 200. The van der Waals surface area contributed by atoms with Gasteiger partial charge in [0.25, 0.3) is 0 Å². The van der Waals surface area contributed by atoms with Crippen LogP contribution in [-0.2, 0) is 0 Å². The molecule has 0 unspecified atom stereocenters. The van der Waals surface area contributed by atoms with E-state index in [2.05, 4.69) is 4.99 Å². The van der Waals surface area contributed by atoms with Gasteiger partial charge in [-0.2, -0.15) is 0 Å². The van der Waals surface area contributed by atoms with Crippen molar-refractivity contribution in [1.29, 1.82) is 0 Å². The Kier molecular flexibility index (Phi) is 3.44. The maximum atomic E-state index is 5.96. The van der Waals surface area contributed by atoms with Crippen LogP contribution in [0, 0.1) is 11.8 Å². The summed E-state index contributed by atoms with van der Waals surface area (Å²) in [6.07, 6.45) is 10.8. The van der Waals surface area contributed by atoms with Crippen LogP contribution in [0.3, 0.4) is 0 Å². The Labute approximate surface area is 87.0 Å². The zero-order chi connectivity index (χ0) is 9.80. The maximum Gasteiger partial charge on any atom is 0.0968 e. The fourth-order valence-electron chi connectivity index (χ4n) is 2.35. The first-order valence-corrected chi connectivity index (χ1v) is 6.16. The highest BCUT2D eigenvalue weighted by atomic mass is 14.9. The van der Waals surface area contributed by atoms with E-state index in [1.165, 1.54) is 51.4 Å². The van der Waals surface area contributed by atoms with E-state index in [1.807, 2.05) is 0 Å². The van der Waals surface area contributed by atoms with Crippen LogP contribution in [0.25, 0.3) is 0 Å². The third-order valence-electron chi connectivity index (χ3n) is 3.54. The van der Waals surface area contributed by atoms with E-state index >= 15 is 0 Å². The third-order valence-corrected chi connectivity index (χ3v) is 3.54. The van der Waals surface area contributed by atoms with Crippen LogP contribution in [0.15, 0.2) is 4.99 Å². The number of hydrogen-bond donors (Lipinski definition) is 1. The van der Waals surface area contributed by atoms with Gasteiger partial charge in [0.05, 0.1) is 5.84 Å². The van der Waals surface area contributed by atoms with Crippen LogP contribution in [0.4, 0.5) is 0 Å². The highest BCUT2D eigenvalue weighted by Gasteiger charge is 2.20. The quantitative estimate of drug-likeness (QED) is 0.408. The van der Waals surface area contributed by atoms with Gasteiger partial charge in [-0.05, 0) is 31.6 Å². The van der Waals surface area contributed by atoms with Crippen molar-refractivity contribution < 1.29 is 0 Å². The van der Waals surface area contributed by atoms with Crippen molar-refractivity contribution >= 4 is 5.84 Å². The van der Waals surface area contributed by atoms with Crippen LogP contribution in [0.1, 0.15) is 51.4 Å². The summed E-state index contributed by atoms with van der Waals surface area (Å²) in [6.45, 7) is 0.971. The second-order valence-corrected chi connectivity index (χ2v) is 4.87. The van der Waals surface area contributed by atoms with Gasteiger partial charge in [0.2, 0.25) is 0 Å². The molecule has 2 heteroatoms. The Balaban J connectivity index is 1.61. The van der Waals surface area contributed by atoms with Gasteiger partial charge in [-0.25, -0.2) is 0 Å². The molecule has 0 radical (unpaired) electrons. The van der Waals surface area contributed by atoms with E-state index in [-0.39, 0.29) is 0 Å². The molecule has 14 heavy (non-hydrogen) atoms. The maximum absolute atomic E-state index is 5.96. The SMILES string of the molecule is NC(=NCCCC1CC1)C1CCCC1. The van der Waals surface area contributed by atoms with Gasteiger partial charge in [0.15, 0.2) is 0 Å². The van der Waals surface area contributed by atoms with E-state index in [4.69, 9.17) is 5.73 Å². The third kappa shape index (κ3) is 3.00. The lowest BCUT2D eigenvalue weighted by molar-refractivity contribution is 0.665. The predicted octanol–water partition coefficient (Wildman–Crippen LogP) is 2.72. The molecule has 0 aromatic heterocycles. The average molecular weight is 194 g/mol. The second-order valence-electron chi connectivity index (χ2n) is 4.87. The lowest BCUT2D eigenvalue weighted by atomic mass is 10.1. The van der Waals surface area contributed by atoms with Crippen molar-refractivity contribution in [2.75, 3.05) is 6.54 Å². The summed E-state index contributed by atoms with van der Waals surface area (Å²) < 4.78 is 0. The van der Waals surface area contributed by atoms with Crippen molar-refractivity contribution in [3.63, 3.8) is 0 Å². The van der Waals surface area contributed by atoms with Crippen molar-refractivity contribution in [2.45, 2.75) is 51.4 Å². The van der Waals surface area contributed by atoms with E-state index in [1.54, 1.807) is 0 Å². The minimum absolute atomic E-state index is 0.621. The molecule has 0 aliphatic heterocycles. The molecule has 0 atom stereocenters. The summed E-state index contributed by atoms with van der Waals surface area (Å²) in [7, 11) is 0. The first-order valence-electron chi connectivity index (χ1n) is 6.16. The van der Waals surface area contributed by atoms with Crippen LogP contribution >= 0.6 is 0 Å². The Morgan fingerprint density at radius 3 is 2.50 bits per heavy atom. The average Bonchev–Trinajstić information content (AvgIpc) is 2.84. The molecule has 0 spiro atoms. The number of aliphatic imine (C=N–C) groups is 1. The molecule has 0 bridgehead atoms. The fraction of sp³-hybridized carbons (Fsp3) is 0.917. The van der Waals surface area contributed by atoms with Gasteiger partial charge in [-0.1, -0.05) is 25.7 Å². The van der Waals surface area contributed by atoms with E-state index < -0.39 is 0 Å². The van der Waals surface area contributed by atoms with Crippen LogP contribution < -0.4 is 5.73 Å². The molecule has 80 valence electrons. The highest BCUT2D eigenvalue weighted by Crippen LogP contribution is 2.33. The van der Waals surface area contributed by atoms with Crippen molar-refractivity contribution in [3.05, 3.63) is 0 Å². The molecule has 2 aliphatic carbocycles. The molecule has 2 nitrogen and oxygen atoms in total. The molecule has 2 N–H and O–H groups in total. The zero-order valence-electron chi connectivity index (χ0n) is 9.04. The van der Waals surface area contributed by atoms with E-state index in [9.17, 15) is 0 Å². The molecule has 0 saturated heterocycles. The first-order chi connectivity index (χ1) is 6.86. The minimum atomic E-state index is 0.621. The largest absolute Gasteiger partial charge is 0.387 e. The summed E-state index contributed by atoms with van der Waals surface area (Å²) in [4.78, 5) is 4.50.